The van der Waals surface area contributed by atoms with Gasteiger partial charge in [-0.3, -0.25) is 0 Å². The van der Waals surface area contributed by atoms with E-state index in [2.05, 4.69) is 39.2 Å². The molecule has 0 saturated carbocycles. The van der Waals surface area contributed by atoms with Crippen LogP contribution in [0.25, 0.3) is 0 Å². The summed E-state index contributed by atoms with van der Waals surface area (Å²) in [5, 5.41) is 3.34. The second-order valence-corrected chi connectivity index (χ2v) is 5.24. The number of hydrogen-bond acceptors (Lipinski definition) is 3. The highest BCUT2D eigenvalue weighted by molar-refractivity contribution is 9.10. The molecule has 0 radical (unpaired) electrons. The first-order valence-corrected chi connectivity index (χ1v) is 6.99. The second-order valence-electron chi connectivity index (χ2n) is 4.32. The van der Waals surface area contributed by atoms with E-state index in [0.29, 0.717) is 0 Å². The van der Waals surface area contributed by atoms with Crippen molar-refractivity contribution in [3.05, 3.63) is 46.1 Å². The Kier molecular flexibility index (Phi) is 4.43. The highest BCUT2D eigenvalue weighted by Crippen LogP contribution is 2.26. The maximum atomic E-state index is 5.33. The van der Waals surface area contributed by atoms with Crippen molar-refractivity contribution < 1.29 is 4.74 Å². The number of rotatable bonds is 4. The second kappa shape index (κ2) is 6.06. The number of anilines is 2. The Morgan fingerprint density at radius 1 is 1.32 bits per heavy atom. The van der Waals surface area contributed by atoms with Gasteiger partial charge >= 0.3 is 0 Å². The van der Waals surface area contributed by atoms with Crippen LogP contribution in [0.3, 0.4) is 0 Å². The monoisotopic (exact) mass is 320 g/mol. The molecule has 1 aromatic carbocycles. The largest absolute Gasteiger partial charge is 0.496 e. The molecule has 0 aliphatic rings. The van der Waals surface area contributed by atoms with Crippen molar-refractivity contribution in [1.82, 2.24) is 4.98 Å². The summed E-state index contributed by atoms with van der Waals surface area (Å²) in [5.74, 6) is 1.80. The summed E-state index contributed by atoms with van der Waals surface area (Å²) in [7, 11) is 1.70. The van der Waals surface area contributed by atoms with Crippen molar-refractivity contribution in [2.75, 3.05) is 12.4 Å². The zero-order chi connectivity index (χ0) is 13.8. The van der Waals surface area contributed by atoms with Crippen LogP contribution < -0.4 is 10.1 Å². The van der Waals surface area contributed by atoms with Crippen LogP contribution >= 0.6 is 15.9 Å². The van der Waals surface area contributed by atoms with Crippen LogP contribution in [0.4, 0.5) is 11.5 Å². The third-order valence-electron chi connectivity index (χ3n) is 2.97. The number of aromatic nitrogens is 1. The zero-order valence-electron chi connectivity index (χ0n) is 11.3. The van der Waals surface area contributed by atoms with Gasteiger partial charge in [0.1, 0.15) is 11.6 Å². The maximum absolute atomic E-state index is 5.33. The molecule has 0 amide bonds. The number of pyridine rings is 1. The Balaban J connectivity index is 2.28. The molecule has 1 N–H and O–H groups in total. The summed E-state index contributed by atoms with van der Waals surface area (Å²) < 4.78 is 6.32. The van der Waals surface area contributed by atoms with E-state index in [1.165, 1.54) is 5.56 Å². The van der Waals surface area contributed by atoms with Crippen LogP contribution in [-0.4, -0.2) is 12.1 Å². The molecule has 1 aromatic heterocycles. The molecule has 0 fully saturated rings. The molecule has 3 nitrogen and oxygen atoms in total. The first-order valence-electron chi connectivity index (χ1n) is 6.20. The minimum atomic E-state index is 0.871. The Morgan fingerprint density at radius 2 is 2.11 bits per heavy atom. The molecule has 100 valence electrons. The number of aryl methyl sites for hydroxylation is 2. The average molecular weight is 321 g/mol. The van der Waals surface area contributed by atoms with Gasteiger partial charge < -0.3 is 10.1 Å². The summed E-state index contributed by atoms with van der Waals surface area (Å²) >= 11 is 3.42. The molecule has 0 unspecified atom stereocenters. The molecule has 0 aliphatic carbocycles. The predicted octanol–water partition coefficient (Wildman–Crippen LogP) is 4.47. The smallest absolute Gasteiger partial charge is 0.133 e. The molecule has 1 heterocycles. The Hall–Kier alpha value is -1.55. The van der Waals surface area contributed by atoms with Gasteiger partial charge in [0.15, 0.2) is 0 Å². The van der Waals surface area contributed by atoms with Crippen LogP contribution in [0.5, 0.6) is 5.75 Å². The number of hydrogen-bond donors (Lipinski definition) is 1. The van der Waals surface area contributed by atoms with Crippen LogP contribution in [0, 0.1) is 6.92 Å². The molecule has 4 heteroatoms. The average Bonchev–Trinajstić information content (AvgIpc) is 2.41. The maximum Gasteiger partial charge on any atom is 0.133 e. The van der Waals surface area contributed by atoms with E-state index < -0.39 is 0 Å². The molecule has 0 atom stereocenters. The van der Waals surface area contributed by atoms with Crippen molar-refractivity contribution in [2.45, 2.75) is 20.3 Å². The molecule has 19 heavy (non-hydrogen) atoms. The van der Waals surface area contributed by atoms with Crippen molar-refractivity contribution in [1.29, 1.82) is 0 Å². The normalized spacial score (nSPS) is 10.3. The van der Waals surface area contributed by atoms with Gasteiger partial charge in [0.05, 0.1) is 7.11 Å². The van der Waals surface area contributed by atoms with Gasteiger partial charge in [-0.15, -0.1) is 0 Å². The van der Waals surface area contributed by atoms with E-state index in [1.54, 1.807) is 13.3 Å². The van der Waals surface area contributed by atoms with Gasteiger partial charge in [0, 0.05) is 16.4 Å². The van der Waals surface area contributed by atoms with Gasteiger partial charge in [0.25, 0.3) is 0 Å². The highest BCUT2D eigenvalue weighted by Gasteiger charge is 2.05. The standard InChI is InChI=1S/C15H17BrN2O/c1-4-11-8-13(5-6-14(11)19-3)18-15-10(2)7-12(16)9-17-15/h5-9H,4H2,1-3H3,(H,17,18). The van der Waals surface area contributed by atoms with E-state index >= 15 is 0 Å². The number of halogens is 1. The van der Waals surface area contributed by atoms with Gasteiger partial charge in [-0.25, -0.2) is 4.98 Å². The van der Waals surface area contributed by atoms with Crippen molar-refractivity contribution in [3.63, 3.8) is 0 Å². The predicted molar refractivity (Wildman–Crippen MR) is 82.3 cm³/mol. The van der Waals surface area contributed by atoms with E-state index in [-0.39, 0.29) is 0 Å². The van der Waals surface area contributed by atoms with Gasteiger partial charge in [0.2, 0.25) is 0 Å². The fourth-order valence-electron chi connectivity index (χ4n) is 1.94. The SMILES string of the molecule is CCc1cc(Nc2ncc(Br)cc2C)ccc1OC. The minimum absolute atomic E-state index is 0.871. The topological polar surface area (TPSA) is 34.2 Å². The van der Waals surface area contributed by atoms with E-state index in [0.717, 1.165) is 33.7 Å². The molecule has 2 aromatic rings. The summed E-state index contributed by atoms with van der Waals surface area (Å²) in [6, 6.07) is 8.12. The van der Waals surface area contributed by atoms with Crippen LogP contribution in [0.15, 0.2) is 34.9 Å². The lowest BCUT2D eigenvalue weighted by Gasteiger charge is -2.12. The molecular formula is C15H17BrN2O. The molecule has 0 spiro atoms. The first kappa shape index (κ1) is 13.9. The lowest BCUT2D eigenvalue weighted by Crippen LogP contribution is -1.98. The first-order chi connectivity index (χ1) is 9.13. The number of ether oxygens (including phenoxy) is 1. The molecule has 0 bridgehead atoms. The summed E-state index contributed by atoms with van der Waals surface area (Å²) in [5.41, 5.74) is 3.31. The number of benzene rings is 1. The van der Waals surface area contributed by atoms with Crippen molar-refractivity contribution in [2.24, 2.45) is 0 Å². The van der Waals surface area contributed by atoms with Crippen molar-refractivity contribution in [3.8, 4) is 5.75 Å². The third kappa shape index (κ3) is 3.26. The third-order valence-corrected chi connectivity index (χ3v) is 3.40. The highest BCUT2D eigenvalue weighted by atomic mass is 79.9. The Labute approximate surface area is 122 Å². The van der Waals surface area contributed by atoms with Gasteiger partial charge in [-0.05, 0) is 64.7 Å². The minimum Gasteiger partial charge on any atom is -0.496 e. The summed E-state index contributed by atoms with van der Waals surface area (Å²) in [4.78, 5) is 4.38. The number of methoxy groups -OCH3 is 1. The fourth-order valence-corrected chi connectivity index (χ4v) is 2.39. The Bertz CT molecular complexity index is 584. The van der Waals surface area contributed by atoms with Crippen LogP contribution in [0.1, 0.15) is 18.1 Å². The number of nitrogens with one attached hydrogen (secondary N) is 1. The Morgan fingerprint density at radius 3 is 2.74 bits per heavy atom. The number of nitrogens with zero attached hydrogens (tertiary/aromatic N) is 1. The fraction of sp³-hybridized carbons (Fsp3) is 0.267. The van der Waals surface area contributed by atoms with E-state index in [9.17, 15) is 0 Å². The molecule has 0 saturated heterocycles. The van der Waals surface area contributed by atoms with Crippen LogP contribution in [0.2, 0.25) is 0 Å². The van der Waals surface area contributed by atoms with E-state index in [1.807, 2.05) is 25.1 Å². The molecule has 2 rings (SSSR count). The summed E-state index contributed by atoms with van der Waals surface area (Å²) in [6.45, 7) is 4.15. The zero-order valence-corrected chi connectivity index (χ0v) is 12.9. The van der Waals surface area contributed by atoms with E-state index in [4.69, 9.17) is 4.74 Å². The lowest BCUT2D eigenvalue weighted by molar-refractivity contribution is 0.410. The lowest BCUT2D eigenvalue weighted by atomic mass is 10.1. The van der Waals surface area contributed by atoms with Gasteiger partial charge in [-0.2, -0.15) is 0 Å². The van der Waals surface area contributed by atoms with Crippen molar-refractivity contribution >= 4 is 27.4 Å². The van der Waals surface area contributed by atoms with Crippen LogP contribution in [-0.2, 0) is 6.42 Å². The quantitative estimate of drug-likeness (QED) is 0.902. The molecular weight excluding hydrogens is 304 g/mol. The van der Waals surface area contributed by atoms with Gasteiger partial charge in [-0.1, -0.05) is 6.92 Å². The summed E-state index contributed by atoms with van der Waals surface area (Å²) in [6.07, 6.45) is 2.73. The molecule has 0 aliphatic heterocycles.